The number of aromatic nitrogens is 2. The van der Waals surface area contributed by atoms with E-state index >= 15 is 0 Å². The minimum atomic E-state index is -3.78. The quantitative estimate of drug-likeness (QED) is 0.587. The summed E-state index contributed by atoms with van der Waals surface area (Å²) in [7, 11) is -2.09. The van der Waals surface area contributed by atoms with Crippen molar-refractivity contribution < 1.29 is 22.7 Å². The fraction of sp³-hybridized carbons (Fsp3) is 0.706. The number of ether oxygens (including phenoxy) is 1. The number of imidazole rings is 1. The maximum Gasteiger partial charge on any atom is 0.307 e. The first-order valence-electron chi connectivity index (χ1n) is 9.20. The highest BCUT2D eigenvalue weighted by molar-refractivity contribution is 7.89. The van der Waals surface area contributed by atoms with E-state index in [1.165, 1.54) is 25.5 Å². The molecule has 0 spiro atoms. The number of amides is 1. The van der Waals surface area contributed by atoms with Crippen LogP contribution in [-0.4, -0.2) is 49.5 Å². The van der Waals surface area contributed by atoms with Crippen molar-refractivity contribution in [2.75, 3.05) is 19.7 Å². The molecule has 1 aliphatic rings. The molecule has 0 bridgehead atoms. The Labute approximate surface area is 159 Å². The van der Waals surface area contributed by atoms with Gasteiger partial charge in [0.1, 0.15) is 5.82 Å². The Balaban J connectivity index is 1.63. The predicted molar refractivity (Wildman–Crippen MR) is 98.3 cm³/mol. The van der Waals surface area contributed by atoms with Crippen molar-refractivity contribution in [3.8, 4) is 0 Å². The molecule has 0 saturated heterocycles. The Kier molecular flexibility index (Phi) is 7.78. The second kappa shape index (κ2) is 9.84. The van der Waals surface area contributed by atoms with Crippen LogP contribution in [0.2, 0.25) is 0 Å². The molecular weight excluding hydrogens is 372 g/mol. The normalized spacial score (nSPS) is 15.5. The van der Waals surface area contributed by atoms with Gasteiger partial charge in [-0.15, -0.1) is 0 Å². The molecule has 2 N–H and O–H groups in total. The number of carbonyl (C=O) groups is 2. The molecule has 1 aromatic heterocycles. The van der Waals surface area contributed by atoms with E-state index in [0.717, 1.165) is 12.8 Å². The van der Waals surface area contributed by atoms with E-state index in [1.807, 2.05) is 0 Å². The summed E-state index contributed by atoms with van der Waals surface area (Å²) >= 11 is 0. The summed E-state index contributed by atoms with van der Waals surface area (Å²) in [5.41, 5.74) is 0. The molecule has 1 saturated carbocycles. The van der Waals surface area contributed by atoms with Crippen LogP contribution in [0.3, 0.4) is 0 Å². The minimum Gasteiger partial charge on any atom is -0.456 e. The second-order valence-electron chi connectivity index (χ2n) is 6.85. The topological polar surface area (TPSA) is 119 Å². The zero-order chi connectivity index (χ0) is 19.9. The summed E-state index contributed by atoms with van der Waals surface area (Å²) in [5, 5.41) is 2.68. The number of aryl methyl sites for hydroxylation is 2. The van der Waals surface area contributed by atoms with Crippen LogP contribution < -0.4 is 10.0 Å². The van der Waals surface area contributed by atoms with E-state index in [9.17, 15) is 18.0 Å². The van der Waals surface area contributed by atoms with Crippen molar-refractivity contribution in [3.63, 3.8) is 0 Å². The molecule has 27 heavy (non-hydrogen) atoms. The summed E-state index contributed by atoms with van der Waals surface area (Å²) in [5.74, 6) is 0.0956. The number of hydrogen-bond acceptors (Lipinski definition) is 6. The predicted octanol–water partition coefficient (Wildman–Crippen LogP) is 0.637. The van der Waals surface area contributed by atoms with Crippen LogP contribution in [0.4, 0.5) is 0 Å². The number of hydrogen-bond donors (Lipinski definition) is 2. The largest absolute Gasteiger partial charge is 0.456 e. The first-order chi connectivity index (χ1) is 12.8. The lowest BCUT2D eigenvalue weighted by Gasteiger charge is -2.21. The molecule has 0 unspecified atom stereocenters. The van der Waals surface area contributed by atoms with Crippen LogP contribution in [0.1, 0.15) is 44.3 Å². The number of sulfonamides is 1. The highest BCUT2D eigenvalue weighted by Gasteiger charge is 2.19. The molecule has 9 nitrogen and oxygen atoms in total. The molecular formula is C17H28N4O5S. The molecule has 1 aliphatic carbocycles. The smallest absolute Gasteiger partial charge is 0.307 e. The summed E-state index contributed by atoms with van der Waals surface area (Å²) in [6, 6.07) is 0. The molecule has 1 heterocycles. The van der Waals surface area contributed by atoms with Gasteiger partial charge in [-0.25, -0.2) is 18.1 Å². The maximum atomic E-state index is 12.1. The van der Waals surface area contributed by atoms with Gasteiger partial charge in [-0.05, 0) is 25.7 Å². The van der Waals surface area contributed by atoms with Crippen molar-refractivity contribution in [2.45, 2.75) is 50.5 Å². The van der Waals surface area contributed by atoms with Gasteiger partial charge in [-0.3, -0.25) is 9.59 Å². The molecule has 1 amide bonds. The van der Waals surface area contributed by atoms with E-state index in [0.29, 0.717) is 18.3 Å². The first kappa shape index (κ1) is 21.4. The Morgan fingerprint density at radius 2 is 2.00 bits per heavy atom. The van der Waals surface area contributed by atoms with Gasteiger partial charge in [-0.1, -0.05) is 19.3 Å². The summed E-state index contributed by atoms with van der Waals surface area (Å²) in [6.07, 6.45) is 7.12. The fourth-order valence-electron chi connectivity index (χ4n) is 2.94. The Bertz CT molecular complexity index is 734. The average molecular weight is 401 g/mol. The van der Waals surface area contributed by atoms with Crippen molar-refractivity contribution in [2.24, 2.45) is 13.0 Å². The SMILES string of the molecule is Cc1nc(S(=O)(=O)NCCC(=O)OCC(=O)NCC2CCCCC2)cn1C. The number of nitrogens with one attached hydrogen (secondary N) is 2. The highest BCUT2D eigenvalue weighted by atomic mass is 32.2. The van der Waals surface area contributed by atoms with Crippen molar-refractivity contribution in [1.29, 1.82) is 0 Å². The van der Waals surface area contributed by atoms with Crippen molar-refractivity contribution in [1.82, 2.24) is 19.6 Å². The molecule has 0 aliphatic heterocycles. The second-order valence-corrected chi connectivity index (χ2v) is 8.57. The summed E-state index contributed by atoms with van der Waals surface area (Å²) in [4.78, 5) is 27.4. The van der Waals surface area contributed by atoms with Gasteiger partial charge in [0.05, 0.1) is 6.42 Å². The monoisotopic (exact) mass is 400 g/mol. The van der Waals surface area contributed by atoms with E-state index in [4.69, 9.17) is 4.74 Å². The minimum absolute atomic E-state index is 0.0991. The number of esters is 1. The van der Waals surface area contributed by atoms with Gasteiger partial charge in [0.2, 0.25) is 0 Å². The van der Waals surface area contributed by atoms with E-state index in [2.05, 4.69) is 15.0 Å². The van der Waals surface area contributed by atoms with Crippen LogP contribution in [0.25, 0.3) is 0 Å². The molecule has 152 valence electrons. The van der Waals surface area contributed by atoms with Crippen LogP contribution in [0.15, 0.2) is 11.2 Å². The Morgan fingerprint density at radius 3 is 2.63 bits per heavy atom. The Morgan fingerprint density at radius 1 is 1.30 bits per heavy atom. The first-order valence-corrected chi connectivity index (χ1v) is 10.7. The molecule has 1 aromatic rings. The zero-order valence-corrected chi connectivity index (χ0v) is 16.7. The lowest BCUT2D eigenvalue weighted by atomic mass is 9.89. The number of rotatable bonds is 9. The van der Waals surface area contributed by atoms with Gasteiger partial charge in [0, 0.05) is 26.3 Å². The van der Waals surface area contributed by atoms with Gasteiger partial charge in [0.25, 0.3) is 15.9 Å². The molecule has 0 atom stereocenters. The third-order valence-corrected chi connectivity index (χ3v) is 5.99. The van der Waals surface area contributed by atoms with Crippen molar-refractivity contribution >= 4 is 21.9 Å². The third kappa shape index (κ3) is 6.94. The average Bonchev–Trinajstić information content (AvgIpc) is 2.99. The summed E-state index contributed by atoms with van der Waals surface area (Å²) < 4.78 is 32.9. The van der Waals surface area contributed by atoms with Gasteiger partial charge >= 0.3 is 5.97 Å². The van der Waals surface area contributed by atoms with E-state index in [-0.39, 0.29) is 30.5 Å². The molecule has 1 fully saturated rings. The van der Waals surface area contributed by atoms with Crippen LogP contribution in [0.5, 0.6) is 0 Å². The molecule has 0 radical (unpaired) electrons. The van der Waals surface area contributed by atoms with Gasteiger partial charge in [-0.2, -0.15) is 0 Å². The van der Waals surface area contributed by atoms with Crippen LogP contribution in [-0.2, 0) is 31.4 Å². The van der Waals surface area contributed by atoms with E-state index < -0.39 is 16.0 Å². The summed E-state index contributed by atoms with van der Waals surface area (Å²) in [6.45, 7) is 1.83. The number of nitrogens with zero attached hydrogens (tertiary/aromatic N) is 2. The lowest BCUT2D eigenvalue weighted by Crippen LogP contribution is -2.34. The Hall–Kier alpha value is -1.94. The number of carbonyl (C=O) groups excluding carboxylic acids is 2. The highest BCUT2D eigenvalue weighted by Crippen LogP contribution is 2.22. The van der Waals surface area contributed by atoms with Crippen LogP contribution in [0, 0.1) is 12.8 Å². The van der Waals surface area contributed by atoms with Gasteiger partial charge in [0.15, 0.2) is 11.6 Å². The van der Waals surface area contributed by atoms with Crippen LogP contribution >= 0.6 is 0 Å². The van der Waals surface area contributed by atoms with E-state index in [1.54, 1.807) is 18.5 Å². The molecule has 2 rings (SSSR count). The third-order valence-electron chi connectivity index (χ3n) is 4.66. The maximum absolute atomic E-state index is 12.1. The van der Waals surface area contributed by atoms with Crippen molar-refractivity contribution in [3.05, 3.63) is 12.0 Å². The molecule has 0 aromatic carbocycles. The lowest BCUT2D eigenvalue weighted by molar-refractivity contribution is -0.148. The van der Waals surface area contributed by atoms with Gasteiger partial charge < -0.3 is 14.6 Å². The zero-order valence-electron chi connectivity index (χ0n) is 15.9. The molecule has 10 heteroatoms. The fourth-order valence-corrected chi connectivity index (χ4v) is 4.00. The standard InChI is InChI=1S/C17H28N4O5S/c1-13-20-16(11-21(13)2)27(24,25)19-9-8-17(23)26-12-15(22)18-10-14-6-4-3-5-7-14/h11,14,19H,3-10,12H2,1-2H3,(H,18,22).